The predicted octanol–water partition coefficient (Wildman–Crippen LogP) is 2.61. The maximum absolute atomic E-state index is 12.8. The van der Waals surface area contributed by atoms with Gasteiger partial charge in [0.25, 0.3) is 5.91 Å². The number of likely N-dealkylation sites (tertiary alicyclic amines) is 1. The summed E-state index contributed by atoms with van der Waals surface area (Å²) in [6, 6.07) is 12.3. The molecule has 0 aliphatic carbocycles. The summed E-state index contributed by atoms with van der Waals surface area (Å²) in [5.41, 5.74) is 0.995. The largest absolute Gasteiger partial charge is 0.459 e. The normalized spacial score (nSPS) is 16.1. The van der Waals surface area contributed by atoms with Crippen LogP contribution in [0.4, 0.5) is 0 Å². The molecule has 2 aromatic rings. The highest BCUT2D eigenvalue weighted by atomic mass is 16.3. The van der Waals surface area contributed by atoms with E-state index >= 15 is 0 Å². The molecule has 1 aliphatic heterocycles. The van der Waals surface area contributed by atoms with Crippen LogP contribution in [-0.4, -0.2) is 48.9 Å². The number of benzene rings is 1. The Kier molecular flexibility index (Phi) is 7.67. The van der Waals surface area contributed by atoms with Crippen molar-refractivity contribution in [2.75, 3.05) is 26.2 Å². The zero-order valence-electron chi connectivity index (χ0n) is 16.2. The number of carbonyl (C=O) groups is 2. The van der Waals surface area contributed by atoms with Crippen LogP contribution in [0.25, 0.3) is 0 Å². The molecule has 1 fully saturated rings. The Hall–Kier alpha value is -2.60. The average Bonchev–Trinajstić information content (AvgIpc) is 3.13. The van der Waals surface area contributed by atoms with Crippen LogP contribution in [-0.2, 0) is 11.2 Å². The fourth-order valence-electron chi connectivity index (χ4n) is 3.52. The van der Waals surface area contributed by atoms with Gasteiger partial charge in [-0.2, -0.15) is 0 Å². The van der Waals surface area contributed by atoms with Crippen molar-refractivity contribution >= 4 is 11.8 Å². The van der Waals surface area contributed by atoms with Crippen LogP contribution in [0.15, 0.2) is 53.1 Å². The van der Waals surface area contributed by atoms with E-state index in [-0.39, 0.29) is 17.6 Å². The molecule has 1 atom stereocenters. The van der Waals surface area contributed by atoms with Gasteiger partial charge in [-0.25, -0.2) is 0 Å². The van der Waals surface area contributed by atoms with E-state index in [1.54, 1.807) is 12.1 Å². The minimum absolute atomic E-state index is 0.168. The van der Waals surface area contributed by atoms with Gasteiger partial charge in [0, 0.05) is 19.5 Å². The first-order chi connectivity index (χ1) is 13.7. The SMILES string of the molecule is O=C(NC(Cc1ccccc1)C(=O)NCCN1CCCCCC1)c1ccco1. The lowest BCUT2D eigenvalue weighted by atomic mass is 10.1. The molecule has 0 bridgehead atoms. The molecule has 1 aromatic heterocycles. The summed E-state index contributed by atoms with van der Waals surface area (Å²) >= 11 is 0. The monoisotopic (exact) mass is 383 g/mol. The number of nitrogens with one attached hydrogen (secondary N) is 2. The highest BCUT2D eigenvalue weighted by molar-refractivity contribution is 5.95. The Bertz CT molecular complexity index is 723. The molecule has 150 valence electrons. The van der Waals surface area contributed by atoms with Crippen molar-refractivity contribution in [1.82, 2.24) is 15.5 Å². The van der Waals surface area contributed by atoms with Crippen molar-refractivity contribution in [3.63, 3.8) is 0 Å². The van der Waals surface area contributed by atoms with Crippen LogP contribution in [0.2, 0.25) is 0 Å². The third-order valence-electron chi connectivity index (χ3n) is 5.08. The van der Waals surface area contributed by atoms with Gasteiger partial charge in [-0.3, -0.25) is 9.59 Å². The van der Waals surface area contributed by atoms with Crippen molar-refractivity contribution in [3.05, 3.63) is 60.1 Å². The molecule has 3 rings (SSSR count). The minimum Gasteiger partial charge on any atom is -0.459 e. The highest BCUT2D eigenvalue weighted by Crippen LogP contribution is 2.09. The lowest BCUT2D eigenvalue weighted by molar-refractivity contribution is -0.123. The number of carbonyl (C=O) groups excluding carboxylic acids is 2. The molecule has 1 aromatic carbocycles. The minimum atomic E-state index is -0.649. The van der Waals surface area contributed by atoms with Crippen molar-refractivity contribution in [2.24, 2.45) is 0 Å². The van der Waals surface area contributed by atoms with Crippen molar-refractivity contribution in [1.29, 1.82) is 0 Å². The summed E-state index contributed by atoms with van der Waals surface area (Å²) in [4.78, 5) is 27.6. The Balaban J connectivity index is 1.56. The van der Waals surface area contributed by atoms with Gasteiger partial charge in [0.05, 0.1) is 6.26 Å². The van der Waals surface area contributed by atoms with Crippen LogP contribution in [0.3, 0.4) is 0 Å². The van der Waals surface area contributed by atoms with Gasteiger partial charge in [-0.05, 0) is 43.6 Å². The third-order valence-corrected chi connectivity index (χ3v) is 5.08. The Morgan fingerprint density at radius 1 is 1.00 bits per heavy atom. The number of furan rings is 1. The standard InChI is InChI=1S/C22H29N3O3/c26-21(23-12-15-25-13-6-1-2-7-14-25)19(17-18-9-4-3-5-10-18)24-22(27)20-11-8-16-28-20/h3-5,8-11,16,19H,1-2,6-7,12-15,17H2,(H,23,26)(H,24,27). The number of amides is 2. The van der Waals surface area contributed by atoms with E-state index in [1.165, 1.54) is 31.9 Å². The zero-order chi connectivity index (χ0) is 19.6. The van der Waals surface area contributed by atoms with Gasteiger partial charge in [0.1, 0.15) is 6.04 Å². The average molecular weight is 383 g/mol. The number of hydrogen-bond acceptors (Lipinski definition) is 4. The van der Waals surface area contributed by atoms with Crippen molar-refractivity contribution in [3.8, 4) is 0 Å². The molecule has 1 saturated heterocycles. The van der Waals surface area contributed by atoms with Gasteiger partial charge in [-0.1, -0.05) is 43.2 Å². The second kappa shape index (κ2) is 10.7. The molecular weight excluding hydrogens is 354 g/mol. The Labute approximate surface area is 166 Å². The third kappa shape index (κ3) is 6.23. The second-order valence-electron chi connectivity index (χ2n) is 7.24. The molecule has 0 saturated carbocycles. The predicted molar refractivity (Wildman–Crippen MR) is 108 cm³/mol. The lowest BCUT2D eigenvalue weighted by Gasteiger charge is -2.22. The molecule has 2 heterocycles. The molecule has 1 aliphatic rings. The molecule has 6 nitrogen and oxygen atoms in total. The molecule has 0 spiro atoms. The van der Waals surface area contributed by atoms with E-state index in [9.17, 15) is 9.59 Å². The fourth-order valence-corrected chi connectivity index (χ4v) is 3.52. The van der Waals surface area contributed by atoms with E-state index in [0.717, 1.165) is 25.2 Å². The quantitative estimate of drug-likeness (QED) is 0.735. The Morgan fingerprint density at radius 3 is 2.43 bits per heavy atom. The van der Waals surface area contributed by atoms with Crippen LogP contribution >= 0.6 is 0 Å². The van der Waals surface area contributed by atoms with E-state index in [4.69, 9.17) is 4.42 Å². The molecule has 0 radical (unpaired) electrons. The lowest BCUT2D eigenvalue weighted by Crippen LogP contribution is -2.49. The topological polar surface area (TPSA) is 74.6 Å². The maximum Gasteiger partial charge on any atom is 0.287 e. The second-order valence-corrected chi connectivity index (χ2v) is 7.24. The molecule has 28 heavy (non-hydrogen) atoms. The van der Waals surface area contributed by atoms with Crippen LogP contribution in [0.5, 0.6) is 0 Å². The summed E-state index contributed by atoms with van der Waals surface area (Å²) in [7, 11) is 0. The molecule has 6 heteroatoms. The van der Waals surface area contributed by atoms with Crippen LogP contribution < -0.4 is 10.6 Å². The van der Waals surface area contributed by atoms with Gasteiger partial charge < -0.3 is 20.0 Å². The summed E-state index contributed by atoms with van der Waals surface area (Å²) in [6.07, 6.45) is 6.92. The molecule has 2 amide bonds. The molecular formula is C22H29N3O3. The smallest absolute Gasteiger partial charge is 0.287 e. The number of hydrogen-bond donors (Lipinski definition) is 2. The van der Waals surface area contributed by atoms with Crippen molar-refractivity contribution < 1.29 is 14.0 Å². The van der Waals surface area contributed by atoms with Gasteiger partial charge in [0.2, 0.25) is 5.91 Å². The van der Waals surface area contributed by atoms with Gasteiger partial charge >= 0.3 is 0 Å². The fraction of sp³-hybridized carbons (Fsp3) is 0.455. The molecule has 2 N–H and O–H groups in total. The van der Waals surface area contributed by atoms with Crippen LogP contribution in [0.1, 0.15) is 41.8 Å². The van der Waals surface area contributed by atoms with Crippen LogP contribution in [0, 0.1) is 0 Å². The maximum atomic E-state index is 12.8. The summed E-state index contributed by atoms with van der Waals surface area (Å²) in [5.74, 6) is -0.345. The van der Waals surface area contributed by atoms with E-state index < -0.39 is 6.04 Å². The van der Waals surface area contributed by atoms with Gasteiger partial charge in [-0.15, -0.1) is 0 Å². The summed E-state index contributed by atoms with van der Waals surface area (Å²) in [6.45, 7) is 3.62. The molecule has 1 unspecified atom stereocenters. The van der Waals surface area contributed by atoms with Gasteiger partial charge in [0.15, 0.2) is 5.76 Å². The first-order valence-electron chi connectivity index (χ1n) is 10.1. The first-order valence-corrected chi connectivity index (χ1v) is 10.1. The zero-order valence-corrected chi connectivity index (χ0v) is 16.2. The van der Waals surface area contributed by atoms with E-state index in [2.05, 4.69) is 15.5 Å². The Morgan fingerprint density at radius 2 is 1.75 bits per heavy atom. The number of nitrogens with zero attached hydrogens (tertiary/aromatic N) is 1. The van der Waals surface area contributed by atoms with E-state index in [1.807, 2.05) is 30.3 Å². The number of rotatable bonds is 8. The first kappa shape index (κ1) is 20.1. The van der Waals surface area contributed by atoms with E-state index in [0.29, 0.717) is 13.0 Å². The summed E-state index contributed by atoms with van der Waals surface area (Å²) < 4.78 is 5.15. The highest BCUT2D eigenvalue weighted by Gasteiger charge is 2.23. The summed E-state index contributed by atoms with van der Waals surface area (Å²) in [5, 5.41) is 5.80. The van der Waals surface area contributed by atoms with Crippen molar-refractivity contribution in [2.45, 2.75) is 38.1 Å².